The number of aromatic nitrogens is 3. The van der Waals surface area contributed by atoms with Crippen molar-refractivity contribution >= 4 is 0 Å². The Morgan fingerprint density at radius 3 is 2.85 bits per heavy atom. The van der Waals surface area contributed by atoms with Crippen LogP contribution in [0.4, 0.5) is 0 Å². The van der Waals surface area contributed by atoms with Crippen molar-refractivity contribution < 1.29 is 9.84 Å². The second-order valence-corrected chi connectivity index (χ2v) is 3.50. The molecule has 0 radical (unpaired) electrons. The fourth-order valence-corrected chi connectivity index (χ4v) is 1.60. The molecule has 1 aliphatic rings. The summed E-state index contributed by atoms with van der Waals surface area (Å²) in [6.45, 7) is 3.01. The van der Waals surface area contributed by atoms with Gasteiger partial charge in [0, 0.05) is 13.0 Å². The molecule has 1 aromatic heterocycles. The summed E-state index contributed by atoms with van der Waals surface area (Å²) in [5, 5.41) is 17.5. The first-order valence-electron chi connectivity index (χ1n) is 4.37. The first kappa shape index (κ1) is 8.65. The van der Waals surface area contributed by atoms with Gasteiger partial charge in [-0.3, -0.25) is 0 Å². The Balaban J connectivity index is 2.08. The Morgan fingerprint density at radius 1 is 1.62 bits per heavy atom. The summed E-state index contributed by atoms with van der Waals surface area (Å²) in [5.74, 6) is 0. The van der Waals surface area contributed by atoms with E-state index in [2.05, 4.69) is 10.2 Å². The van der Waals surface area contributed by atoms with Crippen LogP contribution in [0.5, 0.6) is 0 Å². The molecule has 1 saturated heterocycles. The molecule has 0 aliphatic carbocycles. The maximum absolute atomic E-state index is 10.1. The summed E-state index contributed by atoms with van der Waals surface area (Å²) in [5.41, 5.74) is -0.762. The van der Waals surface area contributed by atoms with E-state index < -0.39 is 5.60 Å². The molecule has 1 fully saturated rings. The van der Waals surface area contributed by atoms with Crippen molar-refractivity contribution in [2.75, 3.05) is 6.61 Å². The maximum atomic E-state index is 10.1. The van der Waals surface area contributed by atoms with E-state index in [9.17, 15) is 5.11 Å². The Bertz CT molecular complexity index is 275. The zero-order valence-corrected chi connectivity index (χ0v) is 7.55. The van der Waals surface area contributed by atoms with E-state index in [0.29, 0.717) is 19.6 Å². The molecule has 0 saturated carbocycles. The van der Waals surface area contributed by atoms with Gasteiger partial charge < -0.3 is 14.4 Å². The predicted octanol–water partition coefficient (Wildman–Crippen LogP) is -0.182. The van der Waals surface area contributed by atoms with E-state index in [-0.39, 0.29) is 6.10 Å². The van der Waals surface area contributed by atoms with E-state index in [4.69, 9.17) is 4.74 Å². The maximum Gasteiger partial charge on any atom is 0.119 e. The molecule has 72 valence electrons. The molecule has 2 heterocycles. The Labute approximate surface area is 76.3 Å². The topological polar surface area (TPSA) is 60.2 Å². The number of aliphatic hydroxyl groups is 1. The van der Waals surface area contributed by atoms with Crippen molar-refractivity contribution in [1.29, 1.82) is 0 Å². The van der Waals surface area contributed by atoms with Crippen molar-refractivity contribution in [3.05, 3.63) is 12.7 Å². The highest BCUT2D eigenvalue weighted by Gasteiger charge is 2.39. The van der Waals surface area contributed by atoms with Crippen LogP contribution < -0.4 is 0 Å². The molecule has 2 unspecified atom stereocenters. The third kappa shape index (κ3) is 1.57. The molecular weight excluding hydrogens is 170 g/mol. The van der Waals surface area contributed by atoms with Crippen LogP contribution in [0.25, 0.3) is 0 Å². The van der Waals surface area contributed by atoms with Gasteiger partial charge in [0.05, 0.1) is 12.6 Å². The summed E-state index contributed by atoms with van der Waals surface area (Å²) < 4.78 is 7.08. The van der Waals surface area contributed by atoms with Crippen LogP contribution in [-0.2, 0) is 11.3 Å². The van der Waals surface area contributed by atoms with Gasteiger partial charge >= 0.3 is 0 Å². The normalized spacial score (nSPS) is 33.8. The lowest BCUT2D eigenvalue weighted by molar-refractivity contribution is -0.0389. The SMILES string of the molecule is CC1OCCC1(O)Cn1cnnc1. The molecule has 0 aromatic carbocycles. The average Bonchev–Trinajstić information content (AvgIpc) is 2.65. The number of ether oxygens (including phenoxy) is 1. The summed E-state index contributed by atoms with van der Waals surface area (Å²) in [6.07, 6.45) is 3.76. The number of hydrogen-bond acceptors (Lipinski definition) is 4. The summed E-state index contributed by atoms with van der Waals surface area (Å²) in [6, 6.07) is 0. The first-order chi connectivity index (χ1) is 6.21. The van der Waals surface area contributed by atoms with Gasteiger partial charge in [-0.1, -0.05) is 0 Å². The number of nitrogens with zero attached hydrogens (tertiary/aromatic N) is 3. The highest BCUT2D eigenvalue weighted by atomic mass is 16.5. The molecule has 5 nitrogen and oxygen atoms in total. The third-order valence-corrected chi connectivity index (χ3v) is 2.58. The lowest BCUT2D eigenvalue weighted by Crippen LogP contribution is -2.40. The molecule has 1 aromatic rings. The van der Waals surface area contributed by atoms with Crippen LogP contribution in [0, 0.1) is 0 Å². The van der Waals surface area contributed by atoms with Crippen molar-refractivity contribution in [3.63, 3.8) is 0 Å². The second-order valence-electron chi connectivity index (χ2n) is 3.50. The summed E-state index contributed by atoms with van der Waals surface area (Å²) >= 11 is 0. The van der Waals surface area contributed by atoms with Crippen molar-refractivity contribution in [2.24, 2.45) is 0 Å². The molecule has 5 heteroatoms. The molecule has 0 amide bonds. The molecule has 2 atom stereocenters. The minimum Gasteiger partial charge on any atom is -0.385 e. The minimum absolute atomic E-state index is 0.116. The van der Waals surface area contributed by atoms with Gasteiger partial charge in [0.25, 0.3) is 0 Å². The molecular formula is C8H13N3O2. The lowest BCUT2D eigenvalue weighted by atomic mass is 9.97. The minimum atomic E-state index is -0.762. The predicted molar refractivity (Wildman–Crippen MR) is 45.0 cm³/mol. The van der Waals surface area contributed by atoms with Crippen molar-refractivity contribution in [1.82, 2.24) is 14.8 Å². The van der Waals surface area contributed by atoms with Crippen LogP contribution in [0.2, 0.25) is 0 Å². The van der Waals surface area contributed by atoms with Gasteiger partial charge in [-0.05, 0) is 6.92 Å². The average molecular weight is 183 g/mol. The first-order valence-corrected chi connectivity index (χ1v) is 4.37. The van der Waals surface area contributed by atoms with E-state index >= 15 is 0 Å². The fraction of sp³-hybridized carbons (Fsp3) is 0.750. The highest BCUT2D eigenvalue weighted by molar-refractivity contribution is 4.90. The van der Waals surface area contributed by atoms with Crippen molar-refractivity contribution in [3.8, 4) is 0 Å². The van der Waals surface area contributed by atoms with Gasteiger partial charge in [-0.25, -0.2) is 0 Å². The summed E-state index contributed by atoms with van der Waals surface area (Å²) in [7, 11) is 0. The molecule has 13 heavy (non-hydrogen) atoms. The van der Waals surface area contributed by atoms with Crippen LogP contribution >= 0.6 is 0 Å². The molecule has 1 N–H and O–H groups in total. The molecule has 1 aliphatic heterocycles. The van der Waals surface area contributed by atoms with Crippen LogP contribution in [0.3, 0.4) is 0 Å². The fourth-order valence-electron chi connectivity index (χ4n) is 1.60. The molecule has 0 bridgehead atoms. The van der Waals surface area contributed by atoms with Gasteiger partial charge in [-0.15, -0.1) is 10.2 Å². The zero-order valence-electron chi connectivity index (χ0n) is 7.55. The highest BCUT2D eigenvalue weighted by Crippen LogP contribution is 2.26. The summed E-state index contributed by atoms with van der Waals surface area (Å²) in [4.78, 5) is 0. The Morgan fingerprint density at radius 2 is 2.31 bits per heavy atom. The van der Waals surface area contributed by atoms with E-state index in [1.54, 1.807) is 17.2 Å². The van der Waals surface area contributed by atoms with Crippen LogP contribution in [-0.4, -0.2) is 38.2 Å². The van der Waals surface area contributed by atoms with E-state index in [0.717, 1.165) is 0 Å². The monoisotopic (exact) mass is 183 g/mol. The number of hydrogen-bond donors (Lipinski definition) is 1. The van der Waals surface area contributed by atoms with Gasteiger partial charge in [-0.2, -0.15) is 0 Å². The van der Waals surface area contributed by atoms with Gasteiger partial charge in [0.2, 0.25) is 0 Å². The van der Waals surface area contributed by atoms with Gasteiger partial charge in [0.15, 0.2) is 0 Å². The van der Waals surface area contributed by atoms with E-state index in [1.807, 2.05) is 6.92 Å². The lowest BCUT2D eigenvalue weighted by Gasteiger charge is -2.25. The van der Waals surface area contributed by atoms with Crippen molar-refractivity contribution in [2.45, 2.75) is 31.6 Å². The Hall–Kier alpha value is -0.940. The third-order valence-electron chi connectivity index (χ3n) is 2.58. The quantitative estimate of drug-likeness (QED) is 0.690. The largest absolute Gasteiger partial charge is 0.385 e. The second kappa shape index (κ2) is 3.08. The van der Waals surface area contributed by atoms with Crippen LogP contribution in [0.1, 0.15) is 13.3 Å². The molecule has 2 rings (SSSR count). The van der Waals surface area contributed by atoms with Gasteiger partial charge in [0.1, 0.15) is 18.3 Å². The van der Waals surface area contributed by atoms with E-state index in [1.165, 1.54) is 0 Å². The smallest absolute Gasteiger partial charge is 0.119 e. The molecule has 0 spiro atoms. The Kier molecular flexibility index (Phi) is 2.05. The number of rotatable bonds is 2. The van der Waals surface area contributed by atoms with Crippen LogP contribution in [0.15, 0.2) is 12.7 Å². The zero-order chi connectivity index (χ0) is 9.31. The standard InChI is InChI=1S/C8H13N3O2/c1-7-8(12,2-3-13-7)4-11-5-9-10-6-11/h5-7,12H,2-4H2,1H3.